The van der Waals surface area contributed by atoms with Gasteiger partial charge in [0, 0.05) is 12.6 Å². The minimum absolute atomic E-state index is 0.0230. The van der Waals surface area contributed by atoms with Gasteiger partial charge in [-0.15, -0.1) is 11.3 Å². The minimum Gasteiger partial charge on any atom is -0.486 e. The molecule has 3 rings (SSSR count). The SMILES string of the molecule is Cc1nc(COc2ccccc2)sc1C(=O)N(Cc1ccccc1)C(C)C. The van der Waals surface area contributed by atoms with Gasteiger partial charge < -0.3 is 9.64 Å². The van der Waals surface area contributed by atoms with Crippen molar-refractivity contribution in [2.75, 3.05) is 0 Å². The Morgan fingerprint density at radius 3 is 2.33 bits per heavy atom. The smallest absolute Gasteiger partial charge is 0.266 e. The summed E-state index contributed by atoms with van der Waals surface area (Å²) >= 11 is 1.42. The lowest BCUT2D eigenvalue weighted by molar-refractivity contribution is 0.0694. The molecule has 140 valence electrons. The van der Waals surface area contributed by atoms with E-state index in [1.165, 1.54) is 11.3 Å². The highest BCUT2D eigenvalue weighted by atomic mass is 32.1. The number of ether oxygens (including phenoxy) is 1. The second-order valence-electron chi connectivity index (χ2n) is 6.64. The molecule has 5 heteroatoms. The van der Waals surface area contributed by atoms with E-state index < -0.39 is 0 Å². The van der Waals surface area contributed by atoms with Crippen molar-refractivity contribution < 1.29 is 9.53 Å². The van der Waals surface area contributed by atoms with Crippen molar-refractivity contribution in [2.24, 2.45) is 0 Å². The van der Waals surface area contributed by atoms with Crippen molar-refractivity contribution in [3.8, 4) is 5.75 Å². The number of carbonyl (C=O) groups is 1. The normalized spacial score (nSPS) is 10.8. The fraction of sp³-hybridized carbons (Fsp3) is 0.273. The fourth-order valence-corrected chi connectivity index (χ4v) is 3.71. The Balaban J connectivity index is 1.73. The summed E-state index contributed by atoms with van der Waals surface area (Å²) in [6.07, 6.45) is 0. The maximum Gasteiger partial charge on any atom is 0.266 e. The molecule has 0 bridgehead atoms. The van der Waals surface area contributed by atoms with Crippen LogP contribution in [0, 0.1) is 6.92 Å². The number of aromatic nitrogens is 1. The van der Waals surface area contributed by atoms with Crippen molar-refractivity contribution in [2.45, 2.75) is 40.0 Å². The van der Waals surface area contributed by atoms with Crippen molar-refractivity contribution in [3.05, 3.63) is 81.8 Å². The van der Waals surface area contributed by atoms with Crippen LogP contribution in [0.2, 0.25) is 0 Å². The van der Waals surface area contributed by atoms with Crippen molar-refractivity contribution >= 4 is 17.2 Å². The lowest BCUT2D eigenvalue weighted by Crippen LogP contribution is -2.36. The number of nitrogens with zero attached hydrogens (tertiary/aromatic N) is 2. The van der Waals surface area contributed by atoms with Crippen molar-refractivity contribution in [3.63, 3.8) is 0 Å². The number of amides is 1. The molecule has 4 nitrogen and oxygen atoms in total. The van der Waals surface area contributed by atoms with Gasteiger partial charge in [-0.3, -0.25) is 4.79 Å². The monoisotopic (exact) mass is 380 g/mol. The average molecular weight is 381 g/mol. The van der Waals surface area contributed by atoms with E-state index in [0.29, 0.717) is 18.0 Å². The first-order chi connectivity index (χ1) is 13.0. The Kier molecular flexibility index (Phi) is 6.24. The minimum atomic E-state index is 0.0230. The Morgan fingerprint density at radius 2 is 1.70 bits per heavy atom. The first-order valence-electron chi connectivity index (χ1n) is 9.03. The Morgan fingerprint density at radius 1 is 1.07 bits per heavy atom. The van der Waals surface area contributed by atoms with E-state index in [9.17, 15) is 4.79 Å². The van der Waals surface area contributed by atoms with E-state index in [1.807, 2.05) is 86.3 Å². The summed E-state index contributed by atoms with van der Waals surface area (Å²) in [6.45, 7) is 6.91. The van der Waals surface area contributed by atoms with E-state index in [2.05, 4.69) is 4.98 Å². The Labute approximate surface area is 164 Å². The van der Waals surface area contributed by atoms with Crippen LogP contribution in [-0.4, -0.2) is 21.8 Å². The summed E-state index contributed by atoms with van der Waals surface area (Å²) in [6, 6.07) is 19.8. The van der Waals surface area contributed by atoms with Gasteiger partial charge >= 0.3 is 0 Å². The molecule has 27 heavy (non-hydrogen) atoms. The molecule has 0 fully saturated rings. The standard InChI is InChI=1S/C22H24N2O2S/c1-16(2)24(14-18-10-6-4-7-11-18)22(25)21-17(3)23-20(27-21)15-26-19-12-8-5-9-13-19/h4-13,16H,14-15H2,1-3H3. The van der Waals surface area contributed by atoms with Gasteiger partial charge in [0.15, 0.2) is 0 Å². The van der Waals surface area contributed by atoms with Gasteiger partial charge in [-0.25, -0.2) is 4.98 Å². The van der Waals surface area contributed by atoms with Gasteiger partial charge in [0.2, 0.25) is 0 Å². The topological polar surface area (TPSA) is 42.4 Å². The number of carbonyl (C=O) groups excluding carboxylic acids is 1. The molecule has 0 aliphatic rings. The van der Waals surface area contributed by atoms with Crippen LogP contribution in [0.5, 0.6) is 5.75 Å². The zero-order chi connectivity index (χ0) is 19.2. The quantitative estimate of drug-likeness (QED) is 0.574. The lowest BCUT2D eigenvalue weighted by atomic mass is 10.2. The molecule has 1 heterocycles. The molecule has 0 saturated heterocycles. The van der Waals surface area contributed by atoms with Gasteiger partial charge in [0.05, 0.1) is 5.69 Å². The molecule has 3 aromatic rings. The molecule has 0 unspecified atom stereocenters. The van der Waals surface area contributed by atoms with Crippen LogP contribution >= 0.6 is 11.3 Å². The number of rotatable bonds is 7. The zero-order valence-corrected chi connectivity index (χ0v) is 16.7. The van der Waals surface area contributed by atoms with E-state index >= 15 is 0 Å². The number of aryl methyl sites for hydroxylation is 1. The fourth-order valence-electron chi connectivity index (χ4n) is 2.77. The summed E-state index contributed by atoms with van der Waals surface area (Å²) in [5.74, 6) is 0.820. The van der Waals surface area contributed by atoms with Crippen LogP contribution in [0.1, 0.15) is 39.8 Å². The van der Waals surface area contributed by atoms with E-state index in [1.54, 1.807) is 0 Å². The molecule has 0 aliphatic heterocycles. The maximum absolute atomic E-state index is 13.2. The Bertz CT molecular complexity index is 876. The highest BCUT2D eigenvalue weighted by molar-refractivity contribution is 7.13. The van der Waals surface area contributed by atoms with Crippen LogP contribution in [0.25, 0.3) is 0 Å². The summed E-state index contributed by atoms with van der Waals surface area (Å²) in [7, 11) is 0. The maximum atomic E-state index is 13.2. The van der Waals surface area contributed by atoms with Crippen LogP contribution in [0.15, 0.2) is 60.7 Å². The van der Waals surface area contributed by atoms with Crippen molar-refractivity contribution in [1.29, 1.82) is 0 Å². The van der Waals surface area contributed by atoms with Crippen molar-refractivity contribution in [1.82, 2.24) is 9.88 Å². The third-order valence-corrected chi connectivity index (χ3v) is 5.34. The molecule has 0 atom stereocenters. The van der Waals surface area contributed by atoms with Gasteiger partial charge in [-0.2, -0.15) is 0 Å². The molecule has 2 aromatic carbocycles. The number of thiazole rings is 1. The summed E-state index contributed by atoms with van der Waals surface area (Å²) in [4.78, 5) is 20.3. The second-order valence-corrected chi connectivity index (χ2v) is 7.72. The molecule has 1 aromatic heterocycles. The summed E-state index contributed by atoms with van der Waals surface area (Å²) in [5, 5.41) is 0.808. The molecule has 0 saturated carbocycles. The second kappa shape index (κ2) is 8.82. The zero-order valence-electron chi connectivity index (χ0n) is 15.9. The van der Waals surface area contributed by atoms with Gasteiger partial charge in [0.25, 0.3) is 5.91 Å². The van der Waals surface area contributed by atoms with E-state index in [-0.39, 0.29) is 11.9 Å². The summed E-state index contributed by atoms with van der Waals surface area (Å²) in [5.41, 5.74) is 1.88. The Hall–Kier alpha value is -2.66. The first kappa shape index (κ1) is 19.1. The number of hydrogen-bond acceptors (Lipinski definition) is 4. The van der Waals surface area contributed by atoms with Gasteiger partial charge in [-0.1, -0.05) is 48.5 Å². The average Bonchev–Trinajstić information content (AvgIpc) is 3.06. The van der Waals surface area contributed by atoms with E-state index in [0.717, 1.165) is 22.0 Å². The molecular formula is C22H24N2O2S. The summed E-state index contributed by atoms with van der Waals surface area (Å²) < 4.78 is 5.77. The number of benzene rings is 2. The lowest BCUT2D eigenvalue weighted by Gasteiger charge is -2.26. The number of hydrogen-bond donors (Lipinski definition) is 0. The predicted molar refractivity (Wildman–Crippen MR) is 109 cm³/mol. The molecule has 0 aliphatic carbocycles. The van der Waals surface area contributed by atoms with Crippen LogP contribution in [0.4, 0.5) is 0 Å². The molecule has 1 amide bonds. The predicted octanol–water partition coefficient (Wildman–Crippen LogP) is 5.08. The molecule has 0 radical (unpaired) electrons. The number of para-hydroxylation sites is 1. The largest absolute Gasteiger partial charge is 0.486 e. The van der Waals surface area contributed by atoms with Gasteiger partial charge in [-0.05, 0) is 38.5 Å². The highest BCUT2D eigenvalue weighted by Crippen LogP contribution is 2.23. The van der Waals surface area contributed by atoms with Gasteiger partial charge in [0.1, 0.15) is 22.2 Å². The van der Waals surface area contributed by atoms with Crippen LogP contribution in [-0.2, 0) is 13.2 Å². The molecular weight excluding hydrogens is 356 g/mol. The third kappa shape index (κ3) is 4.95. The third-order valence-electron chi connectivity index (χ3n) is 4.22. The van der Waals surface area contributed by atoms with Crippen LogP contribution in [0.3, 0.4) is 0 Å². The molecule has 0 spiro atoms. The highest BCUT2D eigenvalue weighted by Gasteiger charge is 2.24. The first-order valence-corrected chi connectivity index (χ1v) is 9.85. The molecule has 0 N–H and O–H groups in total. The van der Waals surface area contributed by atoms with E-state index in [4.69, 9.17) is 4.74 Å². The van der Waals surface area contributed by atoms with Crippen LogP contribution < -0.4 is 4.74 Å².